The van der Waals surface area contributed by atoms with Crippen LogP contribution in [0, 0.1) is 5.92 Å². The molecule has 5 heteroatoms. The molecule has 20 heavy (non-hydrogen) atoms. The second-order valence-electron chi connectivity index (χ2n) is 5.90. The van der Waals surface area contributed by atoms with Crippen molar-refractivity contribution in [3.8, 4) is 5.75 Å². The van der Waals surface area contributed by atoms with Gasteiger partial charge >= 0.3 is 0 Å². The lowest BCUT2D eigenvalue weighted by Gasteiger charge is -2.43. The molecule has 3 unspecified atom stereocenters. The highest BCUT2D eigenvalue weighted by molar-refractivity contribution is 5.30. The van der Waals surface area contributed by atoms with Crippen molar-refractivity contribution >= 4 is 0 Å². The van der Waals surface area contributed by atoms with Crippen molar-refractivity contribution in [2.75, 3.05) is 13.7 Å². The summed E-state index contributed by atoms with van der Waals surface area (Å²) in [6, 6.07) is -0.215. The van der Waals surface area contributed by atoms with Crippen LogP contribution in [-0.2, 0) is 11.8 Å². The van der Waals surface area contributed by atoms with Gasteiger partial charge in [0.15, 0.2) is 5.75 Å². The number of ether oxygens (including phenoxy) is 2. The van der Waals surface area contributed by atoms with Gasteiger partial charge in [-0.05, 0) is 25.7 Å². The summed E-state index contributed by atoms with van der Waals surface area (Å²) in [6.45, 7) is 4.99. The van der Waals surface area contributed by atoms with Crippen molar-refractivity contribution in [3.63, 3.8) is 0 Å². The minimum atomic E-state index is -0.298. The standard InChI is InChI=1S/C15H27N3O2/c1-5-20-15(8-6-7-11(2)9-15)14(16)13-12(19-4)10-17-18(13)3/h10-11,14H,5-9,16H2,1-4H3. The molecule has 0 spiro atoms. The van der Waals surface area contributed by atoms with Gasteiger partial charge in [-0.2, -0.15) is 5.10 Å². The molecule has 1 fully saturated rings. The maximum Gasteiger partial charge on any atom is 0.161 e. The molecule has 0 amide bonds. The average Bonchev–Trinajstić information content (AvgIpc) is 2.79. The fourth-order valence-corrected chi connectivity index (χ4v) is 3.52. The Bertz CT molecular complexity index is 442. The zero-order chi connectivity index (χ0) is 14.8. The molecule has 1 saturated carbocycles. The molecule has 1 aliphatic carbocycles. The third kappa shape index (κ3) is 2.69. The van der Waals surface area contributed by atoms with Gasteiger partial charge < -0.3 is 15.2 Å². The van der Waals surface area contributed by atoms with Crippen molar-refractivity contribution in [2.45, 2.75) is 51.2 Å². The van der Waals surface area contributed by atoms with Gasteiger partial charge in [0.25, 0.3) is 0 Å². The van der Waals surface area contributed by atoms with E-state index in [2.05, 4.69) is 12.0 Å². The molecule has 1 aromatic heterocycles. The van der Waals surface area contributed by atoms with Gasteiger partial charge in [0.2, 0.25) is 0 Å². The first-order valence-corrected chi connectivity index (χ1v) is 7.49. The highest BCUT2D eigenvalue weighted by atomic mass is 16.5. The highest BCUT2D eigenvalue weighted by Gasteiger charge is 2.44. The van der Waals surface area contributed by atoms with Crippen molar-refractivity contribution < 1.29 is 9.47 Å². The number of aromatic nitrogens is 2. The Hall–Kier alpha value is -1.07. The fraction of sp³-hybridized carbons (Fsp3) is 0.800. The zero-order valence-corrected chi connectivity index (χ0v) is 13.1. The van der Waals surface area contributed by atoms with E-state index in [-0.39, 0.29) is 11.6 Å². The third-order valence-corrected chi connectivity index (χ3v) is 4.45. The van der Waals surface area contributed by atoms with Gasteiger partial charge in [0.05, 0.1) is 30.6 Å². The van der Waals surface area contributed by atoms with Crippen LogP contribution in [0.3, 0.4) is 0 Å². The number of nitrogens with two attached hydrogens (primary N) is 1. The van der Waals surface area contributed by atoms with E-state index in [1.165, 1.54) is 6.42 Å². The van der Waals surface area contributed by atoms with Gasteiger partial charge in [-0.15, -0.1) is 0 Å². The summed E-state index contributed by atoms with van der Waals surface area (Å²) in [5, 5.41) is 4.27. The van der Waals surface area contributed by atoms with Crippen LogP contribution in [0.4, 0.5) is 0 Å². The Labute approximate surface area is 121 Å². The molecule has 3 atom stereocenters. The molecule has 0 aromatic carbocycles. The summed E-state index contributed by atoms with van der Waals surface area (Å²) < 4.78 is 13.4. The van der Waals surface area contributed by atoms with Gasteiger partial charge in [0.1, 0.15) is 0 Å². The van der Waals surface area contributed by atoms with Crippen LogP contribution in [0.25, 0.3) is 0 Å². The lowest BCUT2D eigenvalue weighted by atomic mass is 9.74. The van der Waals surface area contributed by atoms with E-state index in [4.69, 9.17) is 15.2 Å². The first-order chi connectivity index (χ1) is 9.54. The topological polar surface area (TPSA) is 62.3 Å². The minimum Gasteiger partial charge on any atom is -0.493 e. The van der Waals surface area contributed by atoms with Crippen LogP contribution < -0.4 is 10.5 Å². The normalized spacial score (nSPS) is 28.4. The van der Waals surface area contributed by atoms with Gasteiger partial charge in [-0.3, -0.25) is 4.68 Å². The summed E-state index contributed by atoms with van der Waals surface area (Å²) in [5.74, 6) is 1.39. The molecule has 0 saturated heterocycles. The summed E-state index contributed by atoms with van der Waals surface area (Å²) in [4.78, 5) is 0. The van der Waals surface area contributed by atoms with E-state index in [0.717, 1.165) is 30.7 Å². The van der Waals surface area contributed by atoms with Crippen molar-refractivity contribution in [3.05, 3.63) is 11.9 Å². The zero-order valence-electron chi connectivity index (χ0n) is 13.1. The van der Waals surface area contributed by atoms with Crippen LogP contribution in [-0.4, -0.2) is 29.1 Å². The van der Waals surface area contributed by atoms with Crippen molar-refractivity contribution in [1.82, 2.24) is 9.78 Å². The van der Waals surface area contributed by atoms with Crippen LogP contribution in [0.2, 0.25) is 0 Å². The molecule has 0 radical (unpaired) electrons. The molecular weight excluding hydrogens is 254 g/mol. The van der Waals surface area contributed by atoms with E-state index in [9.17, 15) is 0 Å². The fourth-order valence-electron chi connectivity index (χ4n) is 3.52. The smallest absolute Gasteiger partial charge is 0.161 e. The second-order valence-corrected chi connectivity index (χ2v) is 5.90. The summed E-state index contributed by atoms with van der Waals surface area (Å²) in [7, 11) is 3.56. The molecule has 0 bridgehead atoms. The molecule has 2 rings (SSSR count). The van der Waals surface area contributed by atoms with Crippen LogP contribution >= 0.6 is 0 Å². The lowest BCUT2D eigenvalue weighted by Crippen LogP contribution is -2.48. The predicted molar refractivity (Wildman–Crippen MR) is 78.7 cm³/mol. The predicted octanol–water partition coefficient (Wildman–Crippen LogP) is 2.41. The van der Waals surface area contributed by atoms with Gasteiger partial charge in [-0.25, -0.2) is 0 Å². The van der Waals surface area contributed by atoms with Crippen LogP contribution in [0.15, 0.2) is 6.20 Å². The molecule has 5 nitrogen and oxygen atoms in total. The lowest BCUT2D eigenvalue weighted by molar-refractivity contribution is -0.0954. The number of methoxy groups -OCH3 is 1. The van der Waals surface area contributed by atoms with Crippen LogP contribution in [0.5, 0.6) is 5.75 Å². The van der Waals surface area contributed by atoms with Crippen molar-refractivity contribution in [1.29, 1.82) is 0 Å². The molecular formula is C15H27N3O2. The van der Waals surface area contributed by atoms with Gasteiger partial charge in [-0.1, -0.05) is 19.8 Å². The highest BCUT2D eigenvalue weighted by Crippen LogP contribution is 2.44. The summed E-state index contributed by atoms with van der Waals surface area (Å²) in [6.07, 6.45) is 6.14. The number of hydrogen-bond acceptors (Lipinski definition) is 4. The first-order valence-electron chi connectivity index (χ1n) is 7.49. The monoisotopic (exact) mass is 281 g/mol. The summed E-state index contributed by atoms with van der Waals surface area (Å²) in [5.41, 5.74) is 7.24. The molecule has 1 aliphatic rings. The first kappa shape index (κ1) is 15.3. The van der Waals surface area contributed by atoms with Crippen LogP contribution in [0.1, 0.15) is 51.3 Å². The molecule has 2 N–H and O–H groups in total. The maximum absolute atomic E-state index is 6.61. The number of rotatable bonds is 5. The molecule has 114 valence electrons. The van der Waals surface area contributed by atoms with E-state index < -0.39 is 0 Å². The van der Waals surface area contributed by atoms with E-state index in [1.54, 1.807) is 13.3 Å². The Kier molecular flexibility index (Phi) is 4.70. The third-order valence-electron chi connectivity index (χ3n) is 4.45. The minimum absolute atomic E-state index is 0.215. The van der Waals surface area contributed by atoms with Gasteiger partial charge in [0, 0.05) is 13.7 Å². The Morgan fingerprint density at radius 1 is 1.60 bits per heavy atom. The SMILES string of the molecule is CCOC1(C(N)c2c(OC)cnn2C)CCCC(C)C1. The van der Waals surface area contributed by atoms with E-state index >= 15 is 0 Å². The second kappa shape index (κ2) is 6.14. The molecule has 0 aliphatic heterocycles. The molecule has 1 aromatic rings. The number of nitrogens with zero attached hydrogens (tertiary/aromatic N) is 2. The average molecular weight is 281 g/mol. The quantitative estimate of drug-likeness (QED) is 0.900. The van der Waals surface area contributed by atoms with Crippen molar-refractivity contribution in [2.24, 2.45) is 18.7 Å². The Morgan fingerprint density at radius 2 is 2.35 bits per heavy atom. The van der Waals surface area contributed by atoms with E-state index in [0.29, 0.717) is 12.5 Å². The summed E-state index contributed by atoms with van der Waals surface area (Å²) >= 11 is 0. The van der Waals surface area contributed by atoms with E-state index in [1.807, 2.05) is 18.7 Å². The largest absolute Gasteiger partial charge is 0.493 e. The number of hydrogen-bond donors (Lipinski definition) is 1. The maximum atomic E-state index is 6.61. The Balaban J connectivity index is 2.35. The molecule has 1 heterocycles. The Morgan fingerprint density at radius 3 is 2.95 bits per heavy atom. The number of aryl methyl sites for hydroxylation is 1.